The SMILES string of the molecule is Cc1ccc(-c2ccc(C3CC(CN4CCCCC4)C(=O)N3C)s2)cc1. The number of nitrogens with zero attached hydrogens (tertiary/aromatic N) is 2. The molecule has 2 atom stereocenters. The highest BCUT2D eigenvalue weighted by atomic mass is 32.1. The summed E-state index contributed by atoms with van der Waals surface area (Å²) in [6.07, 6.45) is 4.87. The van der Waals surface area contributed by atoms with Crippen LogP contribution in [-0.4, -0.2) is 42.4 Å². The van der Waals surface area contributed by atoms with Crippen molar-refractivity contribution in [2.45, 2.75) is 38.6 Å². The smallest absolute Gasteiger partial charge is 0.227 e. The topological polar surface area (TPSA) is 23.6 Å². The summed E-state index contributed by atoms with van der Waals surface area (Å²) in [5.74, 6) is 0.485. The number of benzene rings is 1. The Kier molecular flexibility index (Phi) is 5.14. The number of amides is 1. The number of carbonyl (C=O) groups is 1. The highest BCUT2D eigenvalue weighted by Gasteiger charge is 2.39. The molecule has 2 aromatic rings. The van der Waals surface area contributed by atoms with E-state index in [0.29, 0.717) is 5.91 Å². The molecule has 2 unspecified atom stereocenters. The van der Waals surface area contributed by atoms with Crippen LogP contribution in [0.5, 0.6) is 0 Å². The molecule has 26 heavy (non-hydrogen) atoms. The van der Waals surface area contributed by atoms with E-state index in [1.807, 2.05) is 23.3 Å². The van der Waals surface area contributed by atoms with Gasteiger partial charge in [-0.3, -0.25) is 4.79 Å². The third-order valence-corrected chi connectivity index (χ3v) is 7.13. The van der Waals surface area contributed by atoms with E-state index in [1.165, 1.54) is 40.1 Å². The zero-order valence-corrected chi connectivity index (χ0v) is 16.6. The number of hydrogen-bond acceptors (Lipinski definition) is 3. The first kappa shape index (κ1) is 17.7. The number of carbonyl (C=O) groups excluding carboxylic acids is 1. The van der Waals surface area contributed by atoms with Gasteiger partial charge >= 0.3 is 0 Å². The van der Waals surface area contributed by atoms with E-state index < -0.39 is 0 Å². The van der Waals surface area contributed by atoms with Gasteiger partial charge in [0.15, 0.2) is 0 Å². The minimum Gasteiger partial charge on any atom is -0.338 e. The molecule has 0 N–H and O–H groups in total. The van der Waals surface area contributed by atoms with Crippen molar-refractivity contribution in [1.82, 2.24) is 9.80 Å². The van der Waals surface area contributed by atoms with Gasteiger partial charge in [0, 0.05) is 23.3 Å². The van der Waals surface area contributed by atoms with Crippen LogP contribution in [0.4, 0.5) is 0 Å². The molecule has 3 heterocycles. The Bertz CT molecular complexity index is 761. The summed E-state index contributed by atoms with van der Waals surface area (Å²) < 4.78 is 0. The fraction of sp³-hybridized carbons (Fsp3) is 0.500. The van der Waals surface area contributed by atoms with E-state index in [1.54, 1.807) is 0 Å². The van der Waals surface area contributed by atoms with Gasteiger partial charge in [0.1, 0.15) is 0 Å². The lowest BCUT2D eigenvalue weighted by molar-refractivity contribution is -0.131. The van der Waals surface area contributed by atoms with Crippen LogP contribution in [0.3, 0.4) is 0 Å². The van der Waals surface area contributed by atoms with Crippen LogP contribution in [0, 0.1) is 12.8 Å². The van der Waals surface area contributed by atoms with Crippen LogP contribution >= 0.6 is 11.3 Å². The molecule has 4 rings (SSSR count). The first-order valence-electron chi connectivity index (χ1n) is 9.77. The molecule has 2 aliphatic rings. The predicted octanol–water partition coefficient (Wildman–Crippen LogP) is 4.73. The van der Waals surface area contributed by atoms with Crippen LogP contribution < -0.4 is 0 Å². The van der Waals surface area contributed by atoms with Crippen LogP contribution in [0.2, 0.25) is 0 Å². The third kappa shape index (κ3) is 3.58. The zero-order chi connectivity index (χ0) is 18.1. The Labute approximate surface area is 160 Å². The lowest BCUT2D eigenvalue weighted by atomic mass is 10.0. The quantitative estimate of drug-likeness (QED) is 0.779. The lowest BCUT2D eigenvalue weighted by Crippen LogP contribution is -2.36. The maximum absolute atomic E-state index is 12.8. The van der Waals surface area contributed by atoms with Crippen LogP contribution in [0.15, 0.2) is 36.4 Å². The minimum atomic E-state index is 0.160. The van der Waals surface area contributed by atoms with E-state index in [9.17, 15) is 4.79 Å². The molecule has 1 aromatic carbocycles. The van der Waals surface area contributed by atoms with Crippen molar-refractivity contribution in [1.29, 1.82) is 0 Å². The van der Waals surface area contributed by atoms with E-state index in [2.05, 4.69) is 48.2 Å². The number of hydrogen-bond donors (Lipinski definition) is 0. The van der Waals surface area contributed by atoms with Crippen molar-refractivity contribution in [3.63, 3.8) is 0 Å². The fourth-order valence-electron chi connectivity index (χ4n) is 4.29. The molecule has 2 saturated heterocycles. The van der Waals surface area contributed by atoms with Gasteiger partial charge in [0.2, 0.25) is 5.91 Å². The van der Waals surface area contributed by atoms with Crippen molar-refractivity contribution < 1.29 is 4.79 Å². The number of likely N-dealkylation sites (tertiary alicyclic amines) is 2. The molecule has 0 radical (unpaired) electrons. The van der Waals surface area contributed by atoms with E-state index >= 15 is 0 Å². The highest BCUT2D eigenvalue weighted by molar-refractivity contribution is 7.15. The monoisotopic (exact) mass is 368 g/mol. The molecular weight excluding hydrogens is 340 g/mol. The Balaban J connectivity index is 1.47. The standard InChI is InChI=1S/C22H28N2OS/c1-16-6-8-17(9-7-16)20-10-11-21(26-20)19-14-18(22(25)23(19)2)15-24-12-4-3-5-13-24/h6-11,18-19H,3-5,12-15H2,1-2H3. The zero-order valence-electron chi connectivity index (χ0n) is 15.8. The molecule has 138 valence electrons. The van der Waals surface area contributed by atoms with Crippen LogP contribution in [0.1, 0.15) is 42.2 Å². The number of piperidine rings is 1. The van der Waals surface area contributed by atoms with Gasteiger partial charge in [-0.15, -0.1) is 11.3 Å². The van der Waals surface area contributed by atoms with Gasteiger partial charge in [-0.05, 0) is 57.0 Å². The molecular formula is C22H28N2OS. The Morgan fingerprint density at radius 2 is 1.77 bits per heavy atom. The second kappa shape index (κ2) is 7.53. The van der Waals surface area contributed by atoms with E-state index in [-0.39, 0.29) is 12.0 Å². The summed E-state index contributed by atoms with van der Waals surface area (Å²) in [6, 6.07) is 13.4. The molecule has 4 heteroatoms. The van der Waals surface area contributed by atoms with Gasteiger partial charge in [0.25, 0.3) is 0 Å². The normalized spacial score (nSPS) is 24.4. The molecule has 0 aliphatic carbocycles. The maximum atomic E-state index is 12.8. The average Bonchev–Trinajstić information content (AvgIpc) is 3.24. The van der Waals surface area contributed by atoms with E-state index in [0.717, 1.165) is 26.1 Å². The summed E-state index contributed by atoms with van der Waals surface area (Å²) in [4.78, 5) is 19.9. The van der Waals surface area contributed by atoms with Gasteiger partial charge in [-0.2, -0.15) is 0 Å². The summed E-state index contributed by atoms with van der Waals surface area (Å²) in [5, 5.41) is 0. The van der Waals surface area contributed by atoms with Gasteiger partial charge in [0.05, 0.1) is 12.0 Å². The Hall–Kier alpha value is -1.65. The minimum absolute atomic E-state index is 0.160. The summed E-state index contributed by atoms with van der Waals surface area (Å²) in [7, 11) is 1.98. The average molecular weight is 369 g/mol. The molecule has 0 spiro atoms. The first-order chi connectivity index (χ1) is 12.6. The highest BCUT2D eigenvalue weighted by Crippen LogP contribution is 2.41. The molecule has 1 aromatic heterocycles. The molecule has 2 aliphatic heterocycles. The number of rotatable bonds is 4. The Morgan fingerprint density at radius 3 is 2.50 bits per heavy atom. The van der Waals surface area contributed by atoms with Crippen LogP contribution in [0.25, 0.3) is 10.4 Å². The van der Waals surface area contributed by atoms with Crippen LogP contribution in [-0.2, 0) is 4.79 Å². The predicted molar refractivity (Wildman–Crippen MR) is 108 cm³/mol. The second-order valence-electron chi connectivity index (χ2n) is 7.83. The van der Waals surface area contributed by atoms with Crippen molar-refractivity contribution >= 4 is 17.2 Å². The van der Waals surface area contributed by atoms with Crippen molar-refractivity contribution in [3.05, 3.63) is 46.8 Å². The lowest BCUT2D eigenvalue weighted by Gasteiger charge is -2.28. The van der Waals surface area contributed by atoms with Gasteiger partial charge in [-0.1, -0.05) is 36.2 Å². The fourth-order valence-corrected chi connectivity index (χ4v) is 5.46. The number of thiophene rings is 1. The first-order valence-corrected chi connectivity index (χ1v) is 10.6. The third-order valence-electron chi connectivity index (χ3n) is 5.89. The van der Waals surface area contributed by atoms with Crippen molar-refractivity contribution in [2.75, 3.05) is 26.7 Å². The Morgan fingerprint density at radius 1 is 1.04 bits per heavy atom. The molecule has 0 bridgehead atoms. The molecule has 3 nitrogen and oxygen atoms in total. The molecule has 2 fully saturated rings. The maximum Gasteiger partial charge on any atom is 0.227 e. The summed E-state index contributed by atoms with van der Waals surface area (Å²) in [6.45, 7) is 5.38. The summed E-state index contributed by atoms with van der Waals surface area (Å²) >= 11 is 1.84. The van der Waals surface area contributed by atoms with Crippen molar-refractivity contribution in [2.24, 2.45) is 5.92 Å². The van der Waals surface area contributed by atoms with E-state index in [4.69, 9.17) is 0 Å². The molecule has 0 saturated carbocycles. The molecule has 1 amide bonds. The van der Waals surface area contributed by atoms with Gasteiger partial charge < -0.3 is 9.80 Å². The number of aryl methyl sites for hydroxylation is 1. The van der Waals surface area contributed by atoms with Crippen molar-refractivity contribution in [3.8, 4) is 10.4 Å². The largest absolute Gasteiger partial charge is 0.338 e. The second-order valence-corrected chi connectivity index (χ2v) is 8.94. The van der Waals surface area contributed by atoms with Gasteiger partial charge in [-0.25, -0.2) is 0 Å². The summed E-state index contributed by atoms with van der Waals surface area (Å²) in [5.41, 5.74) is 2.55.